The Kier molecular flexibility index (Phi) is 9.91. The second kappa shape index (κ2) is 14.6. The van der Waals surface area contributed by atoms with Gasteiger partial charge in [-0.15, -0.1) is 0 Å². The highest BCUT2D eigenvalue weighted by Gasteiger charge is 2.80. The number of piperidine rings is 1. The molecule has 2 aromatic carbocycles. The van der Waals surface area contributed by atoms with Crippen LogP contribution in [-0.4, -0.2) is 135 Å². The number of aromatic amines is 1. The Bertz CT molecular complexity index is 2330. The number of carbonyl (C=O) groups is 4. The Labute approximate surface area is 356 Å². The number of methoxy groups -OCH3 is 3. The fourth-order valence-electron chi connectivity index (χ4n) is 13.9. The monoisotopic (exact) mass is 837 g/mol. The fraction of sp³-hybridized carbons (Fsp3) is 0.574. The number of H-pyrrole nitrogens is 1. The van der Waals surface area contributed by atoms with Crippen LogP contribution in [0, 0.1) is 11.3 Å². The first-order chi connectivity index (χ1) is 29.3. The average molecular weight is 838 g/mol. The number of benzene rings is 2. The molecule has 1 spiro atoms. The van der Waals surface area contributed by atoms with Gasteiger partial charge in [0.1, 0.15) is 11.2 Å². The molecule has 3 aromatic rings. The van der Waals surface area contributed by atoms with Crippen LogP contribution in [0.4, 0.5) is 5.69 Å². The zero-order chi connectivity index (χ0) is 43.3. The molecule has 1 saturated carbocycles. The van der Waals surface area contributed by atoms with E-state index in [2.05, 4.69) is 51.3 Å². The normalized spacial score (nSPS) is 36.0. The second-order valence-corrected chi connectivity index (χ2v) is 18.5. The largest absolute Gasteiger partial charge is 0.496 e. The lowest BCUT2D eigenvalue weighted by molar-refractivity contribution is -0.228. The Hall–Kier alpha value is -4.92. The van der Waals surface area contributed by atoms with Crippen molar-refractivity contribution in [2.75, 3.05) is 66.0 Å². The lowest BCUT2D eigenvalue weighted by Crippen LogP contribution is -2.81. The first-order valence-electron chi connectivity index (χ1n) is 21.8. The van der Waals surface area contributed by atoms with E-state index in [1.54, 1.807) is 7.11 Å². The molecule has 5 aliphatic heterocycles. The lowest BCUT2D eigenvalue weighted by atomic mass is 9.47. The van der Waals surface area contributed by atoms with Crippen molar-refractivity contribution in [2.24, 2.45) is 11.3 Å². The summed E-state index contributed by atoms with van der Waals surface area (Å²) in [5, 5.41) is 17.6. The zero-order valence-electron chi connectivity index (χ0n) is 36.3. The molecule has 0 radical (unpaired) electrons. The first-order valence-corrected chi connectivity index (χ1v) is 21.8. The molecule has 14 heteroatoms. The highest BCUT2D eigenvalue weighted by molar-refractivity contribution is 5.95. The number of ether oxygens (including phenoxy) is 4. The van der Waals surface area contributed by atoms with Crippen LogP contribution in [0.15, 0.2) is 48.6 Å². The summed E-state index contributed by atoms with van der Waals surface area (Å²) in [7, 11) is 6.15. The van der Waals surface area contributed by atoms with Crippen molar-refractivity contribution in [3.8, 4) is 5.75 Å². The average Bonchev–Trinajstić information content (AvgIpc) is 3.92. The molecule has 3 fully saturated rings. The van der Waals surface area contributed by atoms with E-state index in [0.717, 1.165) is 59.3 Å². The molecule has 1 unspecified atom stereocenters. The van der Waals surface area contributed by atoms with Crippen molar-refractivity contribution >= 4 is 40.9 Å². The zero-order valence-corrected chi connectivity index (χ0v) is 36.3. The predicted octanol–water partition coefficient (Wildman–Crippen LogP) is 3.74. The minimum Gasteiger partial charge on any atom is -0.496 e. The number of rotatable bonds is 9. The molecule has 326 valence electrons. The molecule has 1 amide bonds. The second-order valence-electron chi connectivity index (χ2n) is 18.5. The molecule has 2 saturated heterocycles. The molecule has 61 heavy (non-hydrogen) atoms. The number of esters is 3. The first kappa shape index (κ1) is 41.4. The number of likely N-dealkylation sites (N-methyl/N-ethyl adjacent to an activating group) is 1. The molecule has 1 aromatic heterocycles. The maximum absolute atomic E-state index is 15.4. The summed E-state index contributed by atoms with van der Waals surface area (Å²) in [6, 6.07) is 10.9. The van der Waals surface area contributed by atoms with Crippen molar-refractivity contribution < 1.29 is 43.2 Å². The van der Waals surface area contributed by atoms with Crippen LogP contribution in [0.1, 0.15) is 75.3 Å². The van der Waals surface area contributed by atoms with Crippen LogP contribution in [-0.2, 0) is 50.6 Å². The van der Waals surface area contributed by atoms with Crippen LogP contribution >= 0.6 is 0 Å². The van der Waals surface area contributed by atoms with E-state index in [1.165, 1.54) is 21.1 Å². The predicted molar refractivity (Wildman–Crippen MR) is 227 cm³/mol. The van der Waals surface area contributed by atoms with E-state index in [0.29, 0.717) is 63.1 Å². The maximum atomic E-state index is 15.4. The smallest absolute Gasteiger partial charge is 0.344 e. The summed E-state index contributed by atoms with van der Waals surface area (Å²) in [6.45, 7) is 8.85. The number of nitrogens with zero attached hydrogens (tertiary/aromatic N) is 3. The van der Waals surface area contributed by atoms with Gasteiger partial charge >= 0.3 is 17.9 Å². The SMILES string of the molecule is CC[C@]1(NC=O)C[C@H]2CN(CCc3c([nH]c4ccccc34)[C@@](C(=O)OC)(c3cc4c(cc3OC)N(C)[C@H]3[C@@](O)(C(=O)OC)[C@H](OC(C)=O)[C@]5(CC)C=CCN6CC[C@]43[C@@H]65)C2)C1. The van der Waals surface area contributed by atoms with Crippen LogP contribution in [0.3, 0.4) is 0 Å². The van der Waals surface area contributed by atoms with Gasteiger partial charge < -0.3 is 44.2 Å². The summed E-state index contributed by atoms with van der Waals surface area (Å²) in [4.78, 5) is 65.6. The number of carbonyl (C=O) groups excluding carboxylic acids is 4. The molecule has 6 heterocycles. The Morgan fingerprint density at radius 2 is 1.77 bits per heavy atom. The third kappa shape index (κ3) is 5.43. The van der Waals surface area contributed by atoms with Gasteiger partial charge in [-0.2, -0.15) is 0 Å². The summed E-state index contributed by atoms with van der Waals surface area (Å²) < 4.78 is 24.0. The van der Waals surface area contributed by atoms with Gasteiger partial charge in [-0.25, -0.2) is 4.79 Å². The molecule has 9 rings (SSSR count). The number of fused-ring (bicyclic) bond motifs is 6. The summed E-state index contributed by atoms with van der Waals surface area (Å²) >= 11 is 0. The van der Waals surface area contributed by atoms with Crippen molar-refractivity contribution in [1.29, 1.82) is 0 Å². The van der Waals surface area contributed by atoms with Gasteiger partial charge in [0.25, 0.3) is 0 Å². The van der Waals surface area contributed by atoms with Gasteiger partial charge in [0.2, 0.25) is 12.0 Å². The quantitative estimate of drug-likeness (QED) is 0.124. The third-order valence-corrected chi connectivity index (χ3v) is 16.0. The molecular weight excluding hydrogens is 779 g/mol. The number of para-hydroxylation sites is 1. The van der Waals surface area contributed by atoms with Crippen molar-refractivity contribution in [2.45, 2.75) is 99.5 Å². The topological polar surface area (TPSA) is 163 Å². The van der Waals surface area contributed by atoms with Crippen LogP contribution < -0.4 is 15.0 Å². The van der Waals surface area contributed by atoms with Gasteiger partial charge in [-0.1, -0.05) is 44.2 Å². The Balaban J connectivity index is 1.36. The number of amides is 1. The van der Waals surface area contributed by atoms with Crippen LogP contribution in [0.5, 0.6) is 5.75 Å². The number of aromatic nitrogens is 1. The van der Waals surface area contributed by atoms with Crippen molar-refractivity contribution in [3.05, 3.63) is 70.9 Å². The van der Waals surface area contributed by atoms with E-state index in [-0.39, 0.29) is 12.0 Å². The van der Waals surface area contributed by atoms with Gasteiger partial charge in [0.05, 0.1) is 32.9 Å². The molecule has 6 aliphatic rings. The fourth-order valence-corrected chi connectivity index (χ4v) is 13.9. The van der Waals surface area contributed by atoms with Gasteiger partial charge in [0, 0.05) is 90.9 Å². The summed E-state index contributed by atoms with van der Waals surface area (Å²) in [5.41, 5.74) is -1.24. The van der Waals surface area contributed by atoms with Crippen molar-refractivity contribution in [3.63, 3.8) is 0 Å². The molecule has 3 N–H and O–H groups in total. The molecular formula is C47H59N5O9. The number of hydrogen-bond acceptors (Lipinski definition) is 12. The number of aliphatic hydroxyl groups is 1. The molecule has 1 aliphatic carbocycles. The number of hydrogen-bond donors (Lipinski definition) is 3. The van der Waals surface area contributed by atoms with Gasteiger partial charge in [-0.3, -0.25) is 19.3 Å². The summed E-state index contributed by atoms with van der Waals surface area (Å²) in [5.74, 6) is -1.54. The van der Waals surface area contributed by atoms with Crippen molar-refractivity contribution in [1.82, 2.24) is 20.1 Å². The van der Waals surface area contributed by atoms with E-state index < -0.39 is 57.4 Å². The molecule has 14 nitrogen and oxygen atoms in total. The van der Waals surface area contributed by atoms with Gasteiger partial charge in [0.15, 0.2) is 6.10 Å². The number of anilines is 1. The van der Waals surface area contributed by atoms with Crippen LogP contribution in [0.2, 0.25) is 0 Å². The summed E-state index contributed by atoms with van der Waals surface area (Å²) in [6.07, 6.45) is 7.01. The van der Waals surface area contributed by atoms with Gasteiger partial charge in [-0.05, 0) is 74.2 Å². The van der Waals surface area contributed by atoms with Crippen LogP contribution in [0.25, 0.3) is 10.9 Å². The maximum Gasteiger partial charge on any atom is 0.344 e. The minimum absolute atomic E-state index is 0.0639. The molecule has 10 atom stereocenters. The van der Waals surface area contributed by atoms with E-state index in [1.807, 2.05) is 43.1 Å². The highest BCUT2D eigenvalue weighted by Crippen LogP contribution is 2.68. The van der Waals surface area contributed by atoms with E-state index >= 15 is 4.79 Å². The minimum atomic E-state index is -2.31. The Morgan fingerprint density at radius 1 is 1.00 bits per heavy atom. The Morgan fingerprint density at radius 3 is 2.46 bits per heavy atom. The van der Waals surface area contributed by atoms with E-state index in [9.17, 15) is 19.5 Å². The highest BCUT2D eigenvalue weighted by atomic mass is 16.6. The lowest BCUT2D eigenvalue weighted by Gasteiger charge is -2.63. The number of nitrogens with one attached hydrogen (secondary N) is 2. The standard InChI is InChI=1S/C47H59N5O9/c1-8-43(48-27-53)23-29-24-46(41(55)59-6,37-31(15-19-51(25-29)26-43)30-13-10-11-14-34(30)49-37)33-21-32-35(22-36(33)58-5)50(4)39-45(32)17-20-52-18-12-16-44(9-2,38(45)52)40(61-28(3)54)47(39,57)42(56)60-7/h10-14,16,21-22,27,29,38-40,49,57H,8-9,15,17-20,23-26H2,1-7H3,(H,48,53)/t29-,38+,39-,40-,43+,44-,45-,46+,47+/m1/s1. The third-order valence-electron chi connectivity index (χ3n) is 16.0. The van der Waals surface area contributed by atoms with E-state index in [4.69, 9.17) is 18.9 Å². The molecule has 2 bridgehead atoms.